The van der Waals surface area contributed by atoms with Crippen LogP contribution < -0.4 is 26.0 Å². The summed E-state index contributed by atoms with van der Waals surface area (Å²) in [5.41, 5.74) is 5.61. The van der Waals surface area contributed by atoms with Crippen LogP contribution in [-0.2, 0) is 4.74 Å². The molecule has 0 unspecified atom stereocenters. The molecule has 1 aliphatic heterocycles. The lowest BCUT2D eigenvalue weighted by Gasteiger charge is -2.27. The number of hydrogen-bond acceptors (Lipinski definition) is 9. The smallest absolute Gasteiger partial charge is 0.261 e. The lowest BCUT2D eigenvalue weighted by Crippen LogP contribution is -2.37. The first-order valence-electron chi connectivity index (χ1n) is 11.8. The summed E-state index contributed by atoms with van der Waals surface area (Å²) in [5.74, 6) is -2.36. The van der Waals surface area contributed by atoms with Crippen LogP contribution in [0.2, 0.25) is 0 Å². The Bertz CT molecular complexity index is 1530. The molecule has 0 aliphatic carbocycles. The lowest BCUT2D eigenvalue weighted by molar-refractivity contribution is 0.102. The molecule has 16 heteroatoms. The average Bonchev–Trinajstić information content (AvgIpc) is 2.92. The van der Waals surface area contributed by atoms with Crippen molar-refractivity contribution >= 4 is 72.1 Å². The maximum atomic E-state index is 14.9. The van der Waals surface area contributed by atoms with Crippen LogP contribution in [0.3, 0.4) is 0 Å². The van der Waals surface area contributed by atoms with Gasteiger partial charge in [-0.05, 0) is 30.3 Å². The number of halogens is 6. The molecular weight excluding hydrogens is 622 g/mol. The van der Waals surface area contributed by atoms with Gasteiger partial charge in [0.2, 0.25) is 5.95 Å². The standard InChI is InChI=1S/C26H22F3N7O3.3ClH/c27-15-1-3-21(19(28)11-15)34-25(37)18-14-32-26(36-7-9-38-10-8-36)35-24(18)33-16-2-4-22(20(29)12-16)39-17-5-6-31-23(30)13-17;;;/h1-6,11-14H,7-10H2,(H2,30,31)(H,34,37)(H,32,33,35);3*1H. The fourth-order valence-electron chi connectivity index (χ4n) is 3.75. The Morgan fingerprint density at radius 3 is 2.40 bits per heavy atom. The number of aromatic nitrogens is 3. The average molecular weight is 647 g/mol. The van der Waals surface area contributed by atoms with E-state index in [-0.39, 0.29) is 71.5 Å². The maximum absolute atomic E-state index is 14.9. The van der Waals surface area contributed by atoms with Crippen molar-refractivity contribution in [3.05, 3.63) is 83.9 Å². The predicted molar refractivity (Wildman–Crippen MR) is 160 cm³/mol. The number of nitrogens with zero attached hydrogens (tertiary/aromatic N) is 4. The minimum Gasteiger partial charge on any atom is -0.454 e. The second kappa shape index (κ2) is 15.3. The van der Waals surface area contributed by atoms with E-state index in [2.05, 4.69) is 25.6 Å². The van der Waals surface area contributed by atoms with E-state index in [9.17, 15) is 18.0 Å². The third kappa shape index (κ3) is 8.26. The largest absolute Gasteiger partial charge is 0.454 e. The highest BCUT2D eigenvalue weighted by atomic mass is 35.5. The van der Waals surface area contributed by atoms with E-state index in [4.69, 9.17) is 15.2 Å². The SMILES string of the molecule is Cl.Cl.Cl.Nc1cc(Oc2ccc(Nc3nc(N4CCOCC4)ncc3C(=O)Nc3ccc(F)cc3F)cc2F)ccn1. The Kier molecular flexibility index (Phi) is 12.4. The van der Waals surface area contributed by atoms with Crippen LogP contribution in [-0.4, -0.2) is 47.2 Å². The van der Waals surface area contributed by atoms with Gasteiger partial charge in [-0.2, -0.15) is 4.98 Å². The molecule has 2 aromatic heterocycles. The molecule has 1 fully saturated rings. The van der Waals surface area contributed by atoms with Crippen molar-refractivity contribution in [3.63, 3.8) is 0 Å². The first-order valence-corrected chi connectivity index (χ1v) is 11.8. The first kappa shape index (κ1) is 34.2. The normalized spacial score (nSPS) is 12.2. The van der Waals surface area contributed by atoms with Gasteiger partial charge < -0.3 is 30.7 Å². The molecule has 1 aliphatic rings. The molecule has 0 radical (unpaired) electrons. The number of benzene rings is 2. The molecular formula is C26H25Cl3F3N7O3. The van der Waals surface area contributed by atoms with E-state index in [0.29, 0.717) is 44.1 Å². The van der Waals surface area contributed by atoms with Gasteiger partial charge in [0.25, 0.3) is 5.91 Å². The Morgan fingerprint density at radius 2 is 1.71 bits per heavy atom. The van der Waals surface area contributed by atoms with Crippen LogP contribution in [0, 0.1) is 17.5 Å². The van der Waals surface area contributed by atoms with Crippen molar-refractivity contribution in [1.29, 1.82) is 0 Å². The number of morpholine rings is 1. The third-order valence-electron chi connectivity index (χ3n) is 5.67. The minimum absolute atomic E-state index is 0. The van der Waals surface area contributed by atoms with Gasteiger partial charge in [0.15, 0.2) is 11.6 Å². The van der Waals surface area contributed by atoms with E-state index < -0.39 is 23.4 Å². The number of anilines is 5. The number of amides is 1. The molecule has 5 rings (SSSR count). The second-order valence-electron chi connectivity index (χ2n) is 8.40. The molecule has 4 N–H and O–H groups in total. The Morgan fingerprint density at radius 1 is 0.952 bits per heavy atom. The molecule has 0 saturated carbocycles. The Balaban J connectivity index is 0.00000205. The zero-order valence-corrected chi connectivity index (χ0v) is 24.0. The number of ether oxygens (including phenoxy) is 2. The number of carbonyl (C=O) groups excluding carboxylic acids is 1. The van der Waals surface area contributed by atoms with Crippen molar-refractivity contribution in [2.45, 2.75) is 0 Å². The van der Waals surface area contributed by atoms with E-state index in [1.807, 2.05) is 4.90 Å². The summed E-state index contributed by atoms with van der Waals surface area (Å²) < 4.78 is 53.3. The Hall–Kier alpha value is -4.04. The number of nitrogen functional groups attached to an aromatic ring is 1. The number of rotatable bonds is 7. The highest BCUT2D eigenvalue weighted by Crippen LogP contribution is 2.30. The van der Waals surface area contributed by atoms with E-state index in [1.165, 1.54) is 36.7 Å². The van der Waals surface area contributed by atoms with E-state index in [0.717, 1.165) is 18.2 Å². The van der Waals surface area contributed by atoms with Crippen molar-refractivity contribution in [1.82, 2.24) is 15.0 Å². The van der Waals surface area contributed by atoms with Crippen molar-refractivity contribution in [3.8, 4) is 11.5 Å². The van der Waals surface area contributed by atoms with Gasteiger partial charge in [-0.25, -0.2) is 23.1 Å². The summed E-state index contributed by atoms with van der Waals surface area (Å²) in [7, 11) is 0. The summed E-state index contributed by atoms with van der Waals surface area (Å²) in [6.07, 6.45) is 2.71. The molecule has 2 aromatic carbocycles. The minimum atomic E-state index is -0.947. The number of nitrogens with two attached hydrogens (primary N) is 1. The predicted octanol–water partition coefficient (Wildman–Crippen LogP) is 5.76. The molecule has 42 heavy (non-hydrogen) atoms. The summed E-state index contributed by atoms with van der Waals surface area (Å²) in [4.78, 5) is 27.6. The Labute approximate surface area is 257 Å². The van der Waals surface area contributed by atoms with E-state index >= 15 is 0 Å². The molecule has 0 bridgehead atoms. The van der Waals surface area contributed by atoms with E-state index in [1.54, 1.807) is 0 Å². The highest BCUT2D eigenvalue weighted by Gasteiger charge is 2.21. The monoisotopic (exact) mass is 645 g/mol. The summed E-state index contributed by atoms with van der Waals surface area (Å²) >= 11 is 0. The van der Waals surface area contributed by atoms with Gasteiger partial charge >= 0.3 is 0 Å². The van der Waals surface area contributed by atoms with Gasteiger partial charge in [0.05, 0.1) is 18.9 Å². The van der Waals surface area contributed by atoms with Gasteiger partial charge in [-0.15, -0.1) is 37.2 Å². The quantitative estimate of drug-likeness (QED) is 0.230. The van der Waals surface area contributed by atoms with Crippen LogP contribution in [0.1, 0.15) is 10.4 Å². The zero-order valence-electron chi connectivity index (χ0n) is 21.6. The molecule has 224 valence electrons. The van der Waals surface area contributed by atoms with Gasteiger partial charge in [0.1, 0.15) is 34.6 Å². The molecule has 0 atom stereocenters. The van der Waals surface area contributed by atoms with Crippen LogP contribution in [0.15, 0.2) is 60.9 Å². The number of nitrogens with one attached hydrogen (secondary N) is 2. The molecule has 10 nitrogen and oxygen atoms in total. The maximum Gasteiger partial charge on any atom is 0.261 e. The zero-order chi connectivity index (χ0) is 27.4. The first-order chi connectivity index (χ1) is 18.9. The van der Waals surface area contributed by atoms with Crippen LogP contribution in [0.5, 0.6) is 11.5 Å². The van der Waals surface area contributed by atoms with Crippen LogP contribution >= 0.6 is 37.2 Å². The van der Waals surface area contributed by atoms with Crippen molar-refractivity contribution in [2.24, 2.45) is 0 Å². The highest BCUT2D eigenvalue weighted by molar-refractivity contribution is 6.07. The topological polar surface area (TPSA) is 128 Å². The van der Waals surface area contributed by atoms with Crippen molar-refractivity contribution in [2.75, 3.05) is 47.6 Å². The summed E-state index contributed by atoms with van der Waals surface area (Å²) in [6.45, 7) is 2.03. The number of carbonyl (C=O) groups is 1. The molecule has 4 aromatic rings. The third-order valence-corrected chi connectivity index (χ3v) is 5.67. The molecule has 1 saturated heterocycles. The molecule has 1 amide bonds. The van der Waals surface area contributed by atoms with Crippen molar-refractivity contribution < 1.29 is 27.4 Å². The fourth-order valence-corrected chi connectivity index (χ4v) is 3.75. The van der Waals surface area contributed by atoms with Gasteiger partial charge in [0, 0.05) is 49.4 Å². The summed E-state index contributed by atoms with van der Waals surface area (Å²) in [6, 6.07) is 9.84. The number of pyridine rings is 1. The van der Waals surface area contributed by atoms with Crippen LogP contribution in [0.25, 0.3) is 0 Å². The fraction of sp³-hybridized carbons (Fsp3) is 0.154. The summed E-state index contributed by atoms with van der Waals surface area (Å²) in [5, 5.41) is 5.32. The van der Waals surface area contributed by atoms with Gasteiger partial charge in [-0.1, -0.05) is 0 Å². The lowest BCUT2D eigenvalue weighted by atomic mass is 10.2. The second-order valence-corrected chi connectivity index (χ2v) is 8.40. The molecule has 3 heterocycles. The molecule has 0 spiro atoms. The van der Waals surface area contributed by atoms with Crippen LogP contribution in [0.4, 0.5) is 42.1 Å². The number of hydrogen-bond donors (Lipinski definition) is 3. The van der Waals surface area contributed by atoms with Gasteiger partial charge in [-0.3, -0.25) is 4.79 Å².